The highest BCUT2D eigenvalue weighted by molar-refractivity contribution is 7.89. The molecule has 0 amide bonds. The van der Waals surface area contributed by atoms with Crippen molar-refractivity contribution in [1.82, 2.24) is 9.55 Å². The monoisotopic (exact) mass is 561 g/mol. The summed E-state index contributed by atoms with van der Waals surface area (Å²) in [6, 6.07) is 23.6. The molecule has 9 nitrogen and oxygen atoms in total. The number of aromatic nitrogens is 2. The van der Waals surface area contributed by atoms with E-state index >= 15 is 0 Å². The molecule has 0 aliphatic carbocycles. The zero-order chi connectivity index (χ0) is 28.2. The zero-order valence-electron chi connectivity index (χ0n) is 22.2. The number of nitrogens with two attached hydrogens (primary N) is 1. The average Bonchev–Trinajstić information content (AvgIpc) is 3.44. The number of imidazole rings is 1. The average molecular weight is 562 g/mol. The van der Waals surface area contributed by atoms with E-state index in [1.54, 1.807) is 30.0 Å². The molecule has 40 heavy (non-hydrogen) atoms. The van der Waals surface area contributed by atoms with Crippen molar-refractivity contribution in [2.45, 2.75) is 29.9 Å². The Labute approximate surface area is 233 Å². The second kappa shape index (κ2) is 11.8. The molecular formula is C30H31N3O6S. The molecule has 0 bridgehead atoms. The lowest BCUT2D eigenvalue weighted by molar-refractivity contribution is -0.0948. The second-order valence-corrected chi connectivity index (χ2v) is 11.2. The Balaban J connectivity index is 1.33. The van der Waals surface area contributed by atoms with Crippen molar-refractivity contribution in [3.8, 4) is 17.1 Å². The predicted octanol–water partition coefficient (Wildman–Crippen LogP) is 4.24. The van der Waals surface area contributed by atoms with Crippen molar-refractivity contribution < 1.29 is 27.4 Å². The number of benzene rings is 3. The fourth-order valence-electron chi connectivity index (χ4n) is 4.89. The van der Waals surface area contributed by atoms with Crippen LogP contribution < -0.4 is 5.14 Å². The standard InChI is InChI=1S/C30H31N3O6S/c1-37-30(14-16-38-17-15-30)24-9-5-6-22(18-24)20-39-21-28(34)27-19-33(29(32-27)23-7-3-2-4-8-23)25-10-12-26(13-11-25)40(31,35)36/h2-13,18-19H,14-17,20-21H2,1H3,(H2,31,35,36). The van der Waals surface area contributed by atoms with Crippen molar-refractivity contribution >= 4 is 15.8 Å². The lowest BCUT2D eigenvalue weighted by atomic mass is 9.85. The first-order chi connectivity index (χ1) is 19.3. The molecule has 1 fully saturated rings. The van der Waals surface area contributed by atoms with Crippen LogP contribution in [0.4, 0.5) is 0 Å². The zero-order valence-corrected chi connectivity index (χ0v) is 23.0. The summed E-state index contributed by atoms with van der Waals surface area (Å²) in [5, 5.41) is 5.24. The van der Waals surface area contributed by atoms with E-state index in [1.807, 2.05) is 42.5 Å². The van der Waals surface area contributed by atoms with Gasteiger partial charge in [-0.2, -0.15) is 0 Å². The van der Waals surface area contributed by atoms with Crippen molar-refractivity contribution in [3.05, 3.63) is 102 Å². The SMILES string of the molecule is COC1(c2cccc(COCC(=O)c3cn(-c4ccc(S(N)(=O)=O)cc4)c(-c4ccccc4)n3)c2)CCOCC1. The molecule has 1 saturated heterocycles. The number of ketones is 1. The number of sulfonamides is 1. The number of carbonyl (C=O) groups is 1. The van der Waals surface area contributed by atoms with Gasteiger partial charge in [0.1, 0.15) is 18.1 Å². The maximum Gasteiger partial charge on any atom is 0.238 e. The van der Waals surface area contributed by atoms with Gasteiger partial charge in [0.2, 0.25) is 15.8 Å². The molecule has 3 aromatic carbocycles. The van der Waals surface area contributed by atoms with Gasteiger partial charge in [-0.1, -0.05) is 54.6 Å². The van der Waals surface area contributed by atoms with Crippen LogP contribution in [0, 0.1) is 0 Å². The van der Waals surface area contributed by atoms with Gasteiger partial charge in [0, 0.05) is 50.6 Å². The van der Waals surface area contributed by atoms with E-state index in [-0.39, 0.29) is 35.2 Å². The molecule has 208 valence electrons. The molecule has 0 spiro atoms. The quantitative estimate of drug-likeness (QED) is 0.287. The summed E-state index contributed by atoms with van der Waals surface area (Å²) in [6.07, 6.45) is 3.20. The second-order valence-electron chi connectivity index (χ2n) is 9.65. The molecule has 2 heterocycles. The number of nitrogens with zero attached hydrogens (tertiary/aromatic N) is 2. The smallest absolute Gasteiger partial charge is 0.238 e. The molecule has 5 rings (SSSR count). The van der Waals surface area contributed by atoms with Gasteiger partial charge in [0.15, 0.2) is 0 Å². The van der Waals surface area contributed by atoms with Gasteiger partial charge in [-0.05, 0) is 35.4 Å². The van der Waals surface area contributed by atoms with Crippen LogP contribution in [0.3, 0.4) is 0 Å². The van der Waals surface area contributed by atoms with Gasteiger partial charge in [0.05, 0.1) is 17.1 Å². The fraction of sp³-hybridized carbons (Fsp3) is 0.267. The molecule has 1 aliphatic rings. The van der Waals surface area contributed by atoms with Crippen molar-refractivity contribution in [2.75, 3.05) is 26.9 Å². The van der Waals surface area contributed by atoms with E-state index < -0.39 is 10.0 Å². The Morgan fingerprint density at radius 2 is 1.75 bits per heavy atom. The van der Waals surface area contributed by atoms with Crippen LogP contribution in [0.1, 0.15) is 34.5 Å². The highest BCUT2D eigenvalue weighted by Crippen LogP contribution is 2.36. The number of Topliss-reactive ketones (excluding diaryl/α,β-unsaturated/α-hetero) is 1. The summed E-state index contributed by atoms with van der Waals surface area (Å²) in [6.45, 7) is 1.41. The molecule has 10 heteroatoms. The maximum atomic E-state index is 13.1. The number of carbonyl (C=O) groups excluding carboxylic acids is 1. The van der Waals surface area contributed by atoms with E-state index in [2.05, 4.69) is 17.1 Å². The summed E-state index contributed by atoms with van der Waals surface area (Å²) < 4.78 is 42.4. The third-order valence-electron chi connectivity index (χ3n) is 7.11. The molecule has 0 atom stereocenters. The summed E-state index contributed by atoms with van der Waals surface area (Å²) >= 11 is 0. The minimum absolute atomic E-state index is 0.000337. The van der Waals surface area contributed by atoms with Crippen LogP contribution >= 0.6 is 0 Å². The first-order valence-electron chi connectivity index (χ1n) is 12.9. The highest BCUT2D eigenvalue weighted by Gasteiger charge is 2.34. The largest absolute Gasteiger partial charge is 0.381 e. The summed E-state index contributed by atoms with van der Waals surface area (Å²) in [4.78, 5) is 17.7. The van der Waals surface area contributed by atoms with E-state index in [0.29, 0.717) is 24.7 Å². The van der Waals surface area contributed by atoms with Crippen LogP contribution in [-0.2, 0) is 36.4 Å². The minimum Gasteiger partial charge on any atom is -0.381 e. The van der Waals surface area contributed by atoms with Crippen LogP contribution in [0.5, 0.6) is 0 Å². The lowest BCUT2D eigenvalue weighted by Crippen LogP contribution is -2.35. The highest BCUT2D eigenvalue weighted by atomic mass is 32.2. The van der Waals surface area contributed by atoms with E-state index in [1.165, 1.54) is 12.1 Å². The number of methoxy groups -OCH3 is 1. The number of primary sulfonamides is 1. The summed E-state index contributed by atoms with van der Waals surface area (Å²) in [5.41, 5.74) is 3.32. The van der Waals surface area contributed by atoms with Gasteiger partial charge in [-0.15, -0.1) is 0 Å². The number of rotatable bonds is 10. The molecule has 1 aromatic heterocycles. The third-order valence-corrected chi connectivity index (χ3v) is 8.04. The van der Waals surface area contributed by atoms with Gasteiger partial charge >= 0.3 is 0 Å². The van der Waals surface area contributed by atoms with E-state index in [9.17, 15) is 13.2 Å². The molecule has 0 radical (unpaired) electrons. The lowest BCUT2D eigenvalue weighted by Gasteiger charge is -2.36. The fourth-order valence-corrected chi connectivity index (χ4v) is 5.41. The van der Waals surface area contributed by atoms with Crippen LogP contribution in [-0.4, -0.2) is 50.7 Å². The van der Waals surface area contributed by atoms with E-state index in [0.717, 1.165) is 29.5 Å². The number of hydrogen-bond acceptors (Lipinski definition) is 7. The van der Waals surface area contributed by atoms with Crippen LogP contribution in [0.2, 0.25) is 0 Å². The minimum atomic E-state index is -3.83. The molecule has 2 N–H and O–H groups in total. The van der Waals surface area contributed by atoms with Crippen LogP contribution in [0.25, 0.3) is 17.1 Å². The first-order valence-corrected chi connectivity index (χ1v) is 14.4. The summed E-state index contributed by atoms with van der Waals surface area (Å²) in [5.74, 6) is 0.271. The predicted molar refractivity (Wildman–Crippen MR) is 150 cm³/mol. The Hall–Kier alpha value is -3.67. The van der Waals surface area contributed by atoms with Crippen molar-refractivity contribution in [3.63, 3.8) is 0 Å². The molecule has 1 aliphatic heterocycles. The van der Waals surface area contributed by atoms with Crippen molar-refractivity contribution in [1.29, 1.82) is 0 Å². The Morgan fingerprint density at radius 3 is 2.42 bits per heavy atom. The third kappa shape index (κ3) is 6.06. The Bertz CT molecular complexity index is 1580. The van der Waals surface area contributed by atoms with Crippen molar-refractivity contribution in [2.24, 2.45) is 5.14 Å². The number of hydrogen-bond donors (Lipinski definition) is 1. The Kier molecular flexibility index (Phi) is 8.24. The molecule has 0 saturated carbocycles. The molecule has 4 aromatic rings. The van der Waals surface area contributed by atoms with Gasteiger partial charge < -0.3 is 14.2 Å². The van der Waals surface area contributed by atoms with Gasteiger partial charge in [-0.3, -0.25) is 9.36 Å². The van der Waals surface area contributed by atoms with Crippen LogP contribution in [0.15, 0.2) is 90.0 Å². The van der Waals surface area contributed by atoms with E-state index in [4.69, 9.17) is 19.3 Å². The molecule has 0 unspecified atom stereocenters. The topological polar surface area (TPSA) is 123 Å². The first kappa shape index (κ1) is 27.9. The van der Waals surface area contributed by atoms with Gasteiger partial charge in [0.25, 0.3) is 0 Å². The molecular weight excluding hydrogens is 530 g/mol. The maximum absolute atomic E-state index is 13.1. The number of ether oxygens (including phenoxy) is 3. The summed E-state index contributed by atoms with van der Waals surface area (Å²) in [7, 11) is -2.10. The normalized spacial score (nSPS) is 15.2. The Morgan fingerprint density at radius 1 is 1.02 bits per heavy atom. The van der Waals surface area contributed by atoms with Gasteiger partial charge in [-0.25, -0.2) is 18.5 Å².